The minimum absolute atomic E-state index is 0.0851. The van der Waals surface area contributed by atoms with Crippen LogP contribution in [-0.2, 0) is 4.79 Å². The van der Waals surface area contributed by atoms with Gasteiger partial charge >= 0.3 is 0 Å². The third-order valence-corrected chi connectivity index (χ3v) is 2.72. The highest BCUT2D eigenvalue weighted by atomic mass is 16.2. The van der Waals surface area contributed by atoms with Crippen LogP contribution in [0.1, 0.15) is 25.7 Å². The van der Waals surface area contributed by atoms with Gasteiger partial charge in [0.1, 0.15) is 0 Å². The van der Waals surface area contributed by atoms with Gasteiger partial charge in [-0.1, -0.05) is 12.8 Å². The fourth-order valence-electron chi connectivity index (χ4n) is 1.90. The largest absolute Gasteiger partial charge is 0.306 e. The van der Waals surface area contributed by atoms with Crippen LogP contribution in [0.3, 0.4) is 0 Å². The van der Waals surface area contributed by atoms with Crippen LogP contribution < -0.4 is 10.6 Å². The van der Waals surface area contributed by atoms with Gasteiger partial charge in [0.15, 0.2) is 0 Å². The molecule has 2 rings (SSSR count). The van der Waals surface area contributed by atoms with E-state index in [4.69, 9.17) is 0 Å². The van der Waals surface area contributed by atoms with Gasteiger partial charge in [-0.25, -0.2) is 9.97 Å². The second kappa shape index (κ2) is 5.55. The zero-order valence-electron chi connectivity index (χ0n) is 9.15. The first-order valence-corrected chi connectivity index (χ1v) is 5.65. The Hall–Kier alpha value is -1.49. The smallest absolute Gasteiger partial charge is 0.240 e. The van der Waals surface area contributed by atoms with E-state index in [1.165, 1.54) is 25.7 Å². The van der Waals surface area contributed by atoms with Crippen molar-refractivity contribution in [3.05, 3.63) is 18.5 Å². The Kier molecular flexibility index (Phi) is 3.82. The number of hydrogen-bond acceptors (Lipinski definition) is 4. The van der Waals surface area contributed by atoms with Crippen LogP contribution in [0.25, 0.3) is 0 Å². The molecule has 1 aliphatic rings. The number of carbonyl (C=O) groups is 1. The van der Waals surface area contributed by atoms with Crippen molar-refractivity contribution in [3.8, 4) is 0 Å². The minimum Gasteiger partial charge on any atom is -0.306 e. The summed E-state index contributed by atoms with van der Waals surface area (Å²) in [6.07, 6.45) is 8.09. The lowest BCUT2D eigenvalue weighted by Gasteiger charge is -2.10. The summed E-state index contributed by atoms with van der Waals surface area (Å²) in [7, 11) is 0. The topological polar surface area (TPSA) is 66.9 Å². The quantitative estimate of drug-likeness (QED) is 0.792. The lowest BCUT2D eigenvalue weighted by molar-refractivity contribution is -0.115. The van der Waals surface area contributed by atoms with Gasteiger partial charge in [-0.15, -0.1) is 0 Å². The highest BCUT2D eigenvalue weighted by Gasteiger charge is 2.15. The van der Waals surface area contributed by atoms with E-state index in [0.29, 0.717) is 18.5 Å². The average Bonchev–Trinajstić information content (AvgIpc) is 2.81. The zero-order chi connectivity index (χ0) is 11.2. The van der Waals surface area contributed by atoms with E-state index in [-0.39, 0.29) is 5.91 Å². The summed E-state index contributed by atoms with van der Waals surface area (Å²) in [4.78, 5) is 19.4. The Balaban J connectivity index is 1.72. The van der Waals surface area contributed by atoms with E-state index in [1.807, 2.05) is 0 Å². The second-order valence-corrected chi connectivity index (χ2v) is 3.98. The number of amides is 1. The minimum atomic E-state index is -0.0851. The van der Waals surface area contributed by atoms with Gasteiger partial charge in [0.2, 0.25) is 11.9 Å². The lowest BCUT2D eigenvalue weighted by Crippen LogP contribution is -2.34. The van der Waals surface area contributed by atoms with E-state index in [0.717, 1.165) is 0 Å². The van der Waals surface area contributed by atoms with Crippen molar-refractivity contribution < 1.29 is 4.79 Å². The van der Waals surface area contributed by atoms with Crippen molar-refractivity contribution in [3.63, 3.8) is 0 Å². The van der Waals surface area contributed by atoms with Gasteiger partial charge in [-0.2, -0.15) is 0 Å². The molecule has 0 aliphatic heterocycles. The van der Waals surface area contributed by atoms with E-state index in [9.17, 15) is 4.79 Å². The number of carbonyl (C=O) groups excluding carboxylic acids is 1. The molecule has 16 heavy (non-hydrogen) atoms. The highest BCUT2D eigenvalue weighted by molar-refractivity contribution is 5.90. The second-order valence-electron chi connectivity index (χ2n) is 3.98. The van der Waals surface area contributed by atoms with Crippen molar-refractivity contribution in [1.82, 2.24) is 15.3 Å². The molecule has 1 aromatic rings. The van der Waals surface area contributed by atoms with Crippen molar-refractivity contribution in [2.75, 3.05) is 11.9 Å². The number of nitrogens with one attached hydrogen (secondary N) is 2. The van der Waals surface area contributed by atoms with Crippen LogP contribution >= 0.6 is 0 Å². The summed E-state index contributed by atoms with van der Waals surface area (Å²) in [5.74, 6) is 0.277. The molecule has 1 heterocycles. The molecule has 1 amide bonds. The molecule has 1 aliphatic carbocycles. The number of rotatable bonds is 4. The molecule has 0 radical (unpaired) electrons. The monoisotopic (exact) mass is 220 g/mol. The molecule has 1 fully saturated rings. The Morgan fingerprint density at radius 2 is 2.00 bits per heavy atom. The SMILES string of the molecule is O=C(CNC1CCCC1)Nc1ncccn1. The molecule has 0 atom stereocenters. The first kappa shape index (κ1) is 11.0. The van der Waals surface area contributed by atoms with E-state index < -0.39 is 0 Å². The molecule has 86 valence electrons. The zero-order valence-corrected chi connectivity index (χ0v) is 9.15. The van der Waals surface area contributed by atoms with E-state index in [2.05, 4.69) is 20.6 Å². The number of anilines is 1. The van der Waals surface area contributed by atoms with Gasteiger partial charge in [0, 0.05) is 18.4 Å². The fraction of sp³-hybridized carbons (Fsp3) is 0.545. The third-order valence-electron chi connectivity index (χ3n) is 2.72. The summed E-state index contributed by atoms with van der Waals surface area (Å²) in [5, 5.41) is 5.88. The van der Waals surface area contributed by atoms with Gasteiger partial charge < -0.3 is 5.32 Å². The molecular formula is C11H16N4O. The van der Waals surface area contributed by atoms with Crippen LogP contribution in [0.4, 0.5) is 5.95 Å². The molecular weight excluding hydrogens is 204 g/mol. The maximum Gasteiger partial charge on any atom is 0.240 e. The molecule has 2 N–H and O–H groups in total. The summed E-state index contributed by atoms with van der Waals surface area (Å²) >= 11 is 0. The molecule has 5 heteroatoms. The number of aromatic nitrogens is 2. The predicted molar refractivity (Wildman–Crippen MR) is 60.9 cm³/mol. The van der Waals surface area contributed by atoms with Crippen LogP contribution in [0.2, 0.25) is 0 Å². The first-order valence-electron chi connectivity index (χ1n) is 5.65. The Labute approximate surface area is 94.7 Å². The molecule has 5 nitrogen and oxygen atoms in total. The van der Waals surface area contributed by atoms with Crippen LogP contribution in [-0.4, -0.2) is 28.5 Å². The average molecular weight is 220 g/mol. The third kappa shape index (κ3) is 3.27. The van der Waals surface area contributed by atoms with E-state index in [1.54, 1.807) is 18.5 Å². The molecule has 0 spiro atoms. The summed E-state index contributed by atoms with van der Waals surface area (Å²) in [6.45, 7) is 0.336. The number of nitrogens with zero attached hydrogens (tertiary/aromatic N) is 2. The molecule has 0 bridgehead atoms. The fourth-order valence-corrected chi connectivity index (χ4v) is 1.90. The van der Waals surface area contributed by atoms with Crippen molar-refractivity contribution in [2.24, 2.45) is 0 Å². The maximum absolute atomic E-state index is 11.5. The van der Waals surface area contributed by atoms with Crippen LogP contribution in [0, 0.1) is 0 Å². The predicted octanol–water partition coefficient (Wildman–Crippen LogP) is 0.947. The standard InChI is InChI=1S/C11H16N4O/c16-10(8-14-9-4-1-2-5-9)15-11-12-6-3-7-13-11/h3,6-7,9,14H,1-2,4-5,8H2,(H,12,13,15,16). The van der Waals surface area contributed by atoms with Crippen molar-refractivity contribution in [1.29, 1.82) is 0 Å². The van der Waals surface area contributed by atoms with Gasteiger partial charge in [-0.05, 0) is 18.9 Å². The maximum atomic E-state index is 11.5. The van der Waals surface area contributed by atoms with Crippen LogP contribution in [0.5, 0.6) is 0 Å². The molecule has 0 unspecified atom stereocenters. The Bertz CT molecular complexity index is 335. The summed E-state index contributed by atoms with van der Waals surface area (Å²) in [5.41, 5.74) is 0. The lowest BCUT2D eigenvalue weighted by atomic mass is 10.2. The van der Waals surface area contributed by atoms with Crippen molar-refractivity contribution >= 4 is 11.9 Å². The number of hydrogen-bond donors (Lipinski definition) is 2. The Morgan fingerprint density at radius 1 is 1.31 bits per heavy atom. The van der Waals surface area contributed by atoms with E-state index >= 15 is 0 Å². The molecule has 1 saturated carbocycles. The normalized spacial score (nSPS) is 16.2. The van der Waals surface area contributed by atoms with Crippen molar-refractivity contribution in [2.45, 2.75) is 31.7 Å². The highest BCUT2D eigenvalue weighted by Crippen LogP contribution is 2.17. The van der Waals surface area contributed by atoms with Gasteiger partial charge in [0.25, 0.3) is 0 Å². The van der Waals surface area contributed by atoms with Gasteiger partial charge in [0.05, 0.1) is 6.54 Å². The molecule has 1 aromatic heterocycles. The summed E-state index contributed by atoms with van der Waals surface area (Å²) < 4.78 is 0. The first-order chi connectivity index (χ1) is 7.84. The Morgan fingerprint density at radius 3 is 2.69 bits per heavy atom. The summed E-state index contributed by atoms with van der Waals surface area (Å²) in [6, 6.07) is 2.22. The molecule has 0 aromatic carbocycles. The molecule has 0 saturated heterocycles. The van der Waals surface area contributed by atoms with Crippen LogP contribution in [0.15, 0.2) is 18.5 Å². The van der Waals surface area contributed by atoms with Gasteiger partial charge in [-0.3, -0.25) is 10.1 Å².